The predicted octanol–water partition coefficient (Wildman–Crippen LogP) is 20.0. The zero-order valence-electron chi connectivity index (χ0n) is 40.0. The van der Waals surface area contributed by atoms with Crippen molar-refractivity contribution in [2.75, 3.05) is 9.80 Å². The smallest absolute Gasteiger partial charge is 0.143 e. The van der Waals surface area contributed by atoms with E-state index < -0.39 is 0 Å². The zero-order valence-corrected chi connectivity index (χ0v) is 40.0. The molecule has 0 saturated carbocycles. The summed E-state index contributed by atoms with van der Waals surface area (Å²) in [7, 11) is 0. The van der Waals surface area contributed by atoms with Gasteiger partial charge in [-0.2, -0.15) is 0 Å². The molecule has 1 aromatic heterocycles. The summed E-state index contributed by atoms with van der Waals surface area (Å²) in [5.74, 6) is 0. The Bertz CT molecular complexity index is 4040. The monoisotopic (exact) mass is 932 g/mol. The fraction of sp³-hybridized carbons (Fsp3) is 0. The maximum absolute atomic E-state index is 7.13. The van der Waals surface area contributed by atoms with Gasteiger partial charge >= 0.3 is 0 Å². The number of benzene rings is 12. The van der Waals surface area contributed by atoms with E-state index in [1.807, 2.05) is 0 Å². The Hall–Kier alpha value is -9.70. The molecular formula is C70H48N2O. The van der Waals surface area contributed by atoms with Crippen LogP contribution in [-0.4, -0.2) is 0 Å². The molecule has 0 saturated heterocycles. The van der Waals surface area contributed by atoms with Crippen LogP contribution < -0.4 is 9.80 Å². The minimum Gasteiger partial charge on any atom is -0.455 e. The SMILES string of the molecule is c1ccc(-c2ccc(-c3ccccc3N(c3ccc(-c4ccccc4)cc3)c3c(N(c4ccc(-c5ccccc5)cc4)c4ccccc4-c4ccccc4)ccc4oc5c6ccccc6ccc5c34)cc2)cc1. The molecule has 344 valence electrons. The van der Waals surface area contributed by atoms with Crippen LogP contribution in [-0.2, 0) is 0 Å². The van der Waals surface area contributed by atoms with Gasteiger partial charge in [-0.3, -0.25) is 0 Å². The summed E-state index contributed by atoms with van der Waals surface area (Å²) in [5, 5.41) is 4.26. The van der Waals surface area contributed by atoms with Crippen LogP contribution in [0.1, 0.15) is 0 Å². The molecule has 0 radical (unpaired) electrons. The maximum Gasteiger partial charge on any atom is 0.143 e. The molecule has 0 aliphatic heterocycles. The van der Waals surface area contributed by atoms with Crippen LogP contribution in [0.5, 0.6) is 0 Å². The summed E-state index contributed by atoms with van der Waals surface area (Å²) in [6, 6.07) is 105. The van der Waals surface area contributed by atoms with Crippen LogP contribution in [0, 0.1) is 0 Å². The average molecular weight is 933 g/mol. The second kappa shape index (κ2) is 18.9. The molecule has 13 aromatic rings. The van der Waals surface area contributed by atoms with Crippen molar-refractivity contribution in [3.63, 3.8) is 0 Å². The first-order chi connectivity index (χ1) is 36.2. The van der Waals surface area contributed by atoms with Gasteiger partial charge in [-0.15, -0.1) is 0 Å². The fourth-order valence-corrected chi connectivity index (χ4v) is 10.6. The molecule has 13 rings (SSSR count). The minimum atomic E-state index is 0.802. The van der Waals surface area contributed by atoms with Crippen LogP contribution in [0.25, 0.3) is 88.3 Å². The molecular weight excluding hydrogens is 885 g/mol. The van der Waals surface area contributed by atoms with Crippen LogP contribution in [0.2, 0.25) is 0 Å². The van der Waals surface area contributed by atoms with Crippen LogP contribution in [0.15, 0.2) is 296 Å². The lowest BCUT2D eigenvalue weighted by Gasteiger charge is -2.35. The normalized spacial score (nSPS) is 11.3. The predicted molar refractivity (Wildman–Crippen MR) is 308 cm³/mol. The van der Waals surface area contributed by atoms with Gasteiger partial charge in [0.15, 0.2) is 0 Å². The number of furan rings is 1. The van der Waals surface area contributed by atoms with Crippen LogP contribution >= 0.6 is 0 Å². The third-order valence-electron chi connectivity index (χ3n) is 14.1. The summed E-state index contributed by atoms with van der Waals surface area (Å²) < 4.78 is 7.13. The number of hydrogen-bond acceptors (Lipinski definition) is 3. The first-order valence-electron chi connectivity index (χ1n) is 24.9. The molecule has 0 aliphatic carbocycles. The Kier molecular flexibility index (Phi) is 11.2. The van der Waals surface area contributed by atoms with E-state index in [1.165, 1.54) is 16.7 Å². The van der Waals surface area contributed by atoms with Gasteiger partial charge in [-0.1, -0.05) is 237 Å². The first kappa shape index (κ1) is 43.3. The molecule has 1 heterocycles. The number of anilines is 6. The third kappa shape index (κ3) is 8.09. The molecule has 3 nitrogen and oxygen atoms in total. The van der Waals surface area contributed by atoms with Gasteiger partial charge in [-0.05, 0) is 104 Å². The molecule has 3 heteroatoms. The summed E-state index contributed by atoms with van der Waals surface area (Å²) in [6.45, 7) is 0. The molecule has 0 atom stereocenters. The van der Waals surface area contributed by atoms with E-state index >= 15 is 0 Å². The van der Waals surface area contributed by atoms with Gasteiger partial charge in [-0.25, -0.2) is 0 Å². The van der Waals surface area contributed by atoms with Gasteiger partial charge < -0.3 is 14.2 Å². The lowest BCUT2D eigenvalue weighted by atomic mass is 9.96. The Labute approximate surface area is 425 Å². The van der Waals surface area contributed by atoms with Gasteiger partial charge in [0.05, 0.1) is 28.1 Å². The van der Waals surface area contributed by atoms with Gasteiger partial charge in [0.25, 0.3) is 0 Å². The Morgan fingerprint density at radius 3 is 1.19 bits per heavy atom. The maximum atomic E-state index is 7.13. The number of para-hydroxylation sites is 2. The number of hydrogen-bond donors (Lipinski definition) is 0. The molecule has 0 amide bonds. The van der Waals surface area contributed by atoms with E-state index in [-0.39, 0.29) is 0 Å². The van der Waals surface area contributed by atoms with Crippen molar-refractivity contribution < 1.29 is 4.42 Å². The van der Waals surface area contributed by atoms with Crippen LogP contribution in [0.4, 0.5) is 34.1 Å². The molecule has 12 aromatic carbocycles. The second-order valence-electron chi connectivity index (χ2n) is 18.4. The van der Waals surface area contributed by atoms with Crippen molar-refractivity contribution in [1.82, 2.24) is 0 Å². The highest BCUT2D eigenvalue weighted by Gasteiger charge is 2.30. The van der Waals surface area contributed by atoms with E-state index in [9.17, 15) is 0 Å². The number of nitrogens with zero attached hydrogens (tertiary/aromatic N) is 2. The summed E-state index contributed by atoms with van der Waals surface area (Å²) >= 11 is 0. The highest BCUT2D eigenvalue weighted by atomic mass is 16.3. The topological polar surface area (TPSA) is 19.6 Å². The van der Waals surface area contributed by atoms with E-state index in [0.29, 0.717) is 0 Å². The minimum absolute atomic E-state index is 0.802. The number of fused-ring (bicyclic) bond motifs is 5. The van der Waals surface area contributed by atoms with Crippen molar-refractivity contribution in [1.29, 1.82) is 0 Å². The summed E-state index contributed by atoms with van der Waals surface area (Å²) in [6.07, 6.45) is 0. The van der Waals surface area contributed by atoms with Gasteiger partial charge in [0.1, 0.15) is 11.2 Å². The molecule has 0 spiro atoms. The van der Waals surface area contributed by atoms with E-state index in [0.717, 1.165) is 106 Å². The first-order valence-corrected chi connectivity index (χ1v) is 24.9. The largest absolute Gasteiger partial charge is 0.455 e. The molecule has 0 fully saturated rings. The van der Waals surface area contributed by atoms with Crippen molar-refractivity contribution in [2.24, 2.45) is 0 Å². The van der Waals surface area contributed by atoms with Gasteiger partial charge in [0, 0.05) is 33.3 Å². The Morgan fingerprint density at radius 1 is 0.247 bits per heavy atom. The van der Waals surface area contributed by atoms with Crippen molar-refractivity contribution in [3.05, 3.63) is 291 Å². The molecule has 0 aliphatic rings. The average Bonchev–Trinajstić information content (AvgIpc) is 3.87. The third-order valence-corrected chi connectivity index (χ3v) is 14.1. The molecule has 0 unspecified atom stereocenters. The van der Waals surface area contributed by atoms with Crippen molar-refractivity contribution in [2.45, 2.75) is 0 Å². The van der Waals surface area contributed by atoms with Crippen LogP contribution in [0.3, 0.4) is 0 Å². The summed E-state index contributed by atoms with van der Waals surface area (Å²) in [5.41, 5.74) is 19.2. The van der Waals surface area contributed by atoms with E-state index in [4.69, 9.17) is 4.42 Å². The Balaban J connectivity index is 1.13. The van der Waals surface area contributed by atoms with Crippen molar-refractivity contribution in [3.8, 4) is 55.6 Å². The van der Waals surface area contributed by atoms with E-state index in [2.05, 4.69) is 301 Å². The zero-order chi connectivity index (χ0) is 48.5. The molecule has 0 N–H and O–H groups in total. The summed E-state index contributed by atoms with van der Waals surface area (Å²) in [4.78, 5) is 4.93. The quantitative estimate of drug-likeness (QED) is 0.129. The standard InChI is InChI=1S/C70H48N2O/c1-5-19-49(20-6-1)52-33-35-57(36-34-52)61-29-16-18-32-65(61)72(59-44-39-54(40-45-59)51-23-9-3-10-24-51)69-66(47-48-67-68(69)63-46-41-56-27-13-14-30-62(56)70(63)73-67)71(58-42-37-53(38-43-58)50-21-7-2-8-22-50)64-31-17-15-28-60(64)55-25-11-4-12-26-55/h1-48H. The molecule has 73 heavy (non-hydrogen) atoms. The molecule has 0 bridgehead atoms. The second-order valence-corrected chi connectivity index (χ2v) is 18.4. The van der Waals surface area contributed by atoms with Gasteiger partial charge in [0.2, 0.25) is 0 Å². The lowest BCUT2D eigenvalue weighted by molar-refractivity contribution is 0.672. The fourth-order valence-electron chi connectivity index (χ4n) is 10.6. The highest BCUT2D eigenvalue weighted by molar-refractivity contribution is 6.22. The lowest BCUT2D eigenvalue weighted by Crippen LogP contribution is -2.18. The Morgan fingerprint density at radius 2 is 0.644 bits per heavy atom. The number of rotatable bonds is 11. The van der Waals surface area contributed by atoms with E-state index in [1.54, 1.807) is 0 Å². The van der Waals surface area contributed by atoms with Crippen molar-refractivity contribution >= 4 is 66.8 Å². The highest BCUT2D eigenvalue weighted by Crippen LogP contribution is 2.54.